The highest BCUT2D eigenvalue weighted by molar-refractivity contribution is 7.08. The van der Waals surface area contributed by atoms with Crippen molar-refractivity contribution in [3.05, 3.63) is 63.8 Å². The van der Waals surface area contributed by atoms with Gasteiger partial charge >= 0.3 is 0 Å². The number of rotatable bonds is 4. The normalized spacial score (nSPS) is 15.4. The second-order valence-corrected chi connectivity index (χ2v) is 8.10. The van der Waals surface area contributed by atoms with E-state index in [4.69, 9.17) is 16.7 Å². The fourth-order valence-corrected chi connectivity index (χ4v) is 4.26. The van der Waals surface area contributed by atoms with E-state index in [1.807, 2.05) is 40.2 Å². The average Bonchev–Trinajstić information content (AvgIpc) is 3.39. The van der Waals surface area contributed by atoms with E-state index in [-0.39, 0.29) is 0 Å². The highest BCUT2D eigenvalue weighted by atomic mass is 35.5. The molecular formula is C20H19ClN6S. The van der Waals surface area contributed by atoms with Gasteiger partial charge in [-0.15, -0.1) is 15.3 Å². The van der Waals surface area contributed by atoms with Crippen LogP contribution in [0.5, 0.6) is 0 Å². The van der Waals surface area contributed by atoms with E-state index >= 15 is 0 Å². The summed E-state index contributed by atoms with van der Waals surface area (Å²) in [7, 11) is 0. The molecule has 142 valence electrons. The first-order chi connectivity index (χ1) is 13.8. The monoisotopic (exact) mass is 410 g/mol. The van der Waals surface area contributed by atoms with Crippen molar-refractivity contribution in [2.45, 2.75) is 6.54 Å². The van der Waals surface area contributed by atoms with Gasteiger partial charge in [-0.25, -0.2) is 0 Å². The van der Waals surface area contributed by atoms with E-state index in [2.05, 4.69) is 37.5 Å². The van der Waals surface area contributed by atoms with Crippen molar-refractivity contribution >= 4 is 34.4 Å². The van der Waals surface area contributed by atoms with E-state index < -0.39 is 0 Å². The quantitative estimate of drug-likeness (QED) is 0.511. The van der Waals surface area contributed by atoms with Crippen molar-refractivity contribution in [3.63, 3.8) is 0 Å². The van der Waals surface area contributed by atoms with Gasteiger partial charge in [0.15, 0.2) is 11.5 Å². The summed E-state index contributed by atoms with van der Waals surface area (Å²) in [5.41, 5.74) is 3.11. The summed E-state index contributed by atoms with van der Waals surface area (Å²) in [6.45, 7) is 4.85. The molecule has 1 fully saturated rings. The van der Waals surface area contributed by atoms with Crippen molar-refractivity contribution in [2.75, 3.05) is 31.1 Å². The van der Waals surface area contributed by atoms with Gasteiger partial charge in [-0.2, -0.15) is 15.9 Å². The van der Waals surface area contributed by atoms with Crippen molar-refractivity contribution in [1.82, 2.24) is 24.7 Å². The summed E-state index contributed by atoms with van der Waals surface area (Å²) >= 11 is 7.63. The molecule has 3 aromatic heterocycles. The van der Waals surface area contributed by atoms with Crippen LogP contribution >= 0.6 is 22.9 Å². The third-order valence-corrected chi connectivity index (χ3v) is 5.98. The Labute approximate surface area is 172 Å². The van der Waals surface area contributed by atoms with Crippen molar-refractivity contribution in [2.24, 2.45) is 0 Å². The van der Waals surface area contributed by atoms with Crippen LogP contribution in [0.25, 0.3) is 17.0 Å². The standard InChI is InChI=1S/C20H19ClN6S/c21-17-3-1-15(2-4-17)13-25-8-10-26(11-9-25)19-6-5-18-22-23-20(27(18)24-19)16-7-12-28-14-16/h1-7,12,14H,8-11,13H2. The Kier molecular flexibility index (Phi) is 4.72. The largest absolute Gasteiger partial charge is 0.353 e. The minimum absolute atomic E-state index is 0.770. The zero-order valence-corrected chi connectivity index (χ0v) is 16.8. The van der Waals surface area contributed by atoms with Gasteiger partial charge in [-0.1, -0.05) is 23.7 Å². The molecule has 0 amide bonds. The Morgan fingerprint density at radius 1 is 0.929 bits per heavy atom. The molecule has 1 aliphatic heterocycles. The molecule has 5 rings (SSSR count). The topological polar surface area (TPSA) is 49.6 Å². The van der Waals surface area contributed by atoms with Crippen LogP contribution in [-0.2, 0) is 6.54 Å². The highest BCUT2D eigenvalue weighted by Gasteiger charge is 2.19. The van der Waals surface area contributed by atoms with Gasteiger partial charge < -0.3 is 4.90 Å². The lowest BCUT2D eigenvalue weighted by Gasteiger charge is -2.35. The Morgan fingerprint density at radius 3 is 2.50 bits per heavy atom. The summed E-state index contributed by atoms with van der Waals surface area (Å²) in [6, 6.07) is 14.2. The molecule has 8 heteroatoms. The number of thiophene rings is 1. The first kappa shape index (κ1) is 17.6. The summed E-state index contributed by atoms with van der Waals surface area (Å²) in [5, 5.41) is 18.3. The van der Waals surface area contributed by atoms with Gasteiger partial charge in [-0.05, 0) is 41.3 Å². The number of aromatic nitrogens is 4. The molecule has 1 aliphatic rings. The summed E-state index contributed by atoms with van der Waals surface area (Å²) < 4.78 is 1.84. The lowest BCUT2D eigenvalue weighted by Crippen LogP contribution is -2.46. The average molecular weight is 411 g/mol. The molecule has 0 unspecified atom stereocenters. The molecule has 0 spiro atoms. The van der Waals surface area contributed by atoms with Gasteiger partial charge in [0.2, 0.25) is 0 Å². The van der Waals surface area contributed by atoms with Crippen LogP contribution in [-0.4, -0.2) is 50.9 Å². The van der Waals surface area contributed by atoms with Gasteiger partial charge in [0.25, 0.3) is 0 Å². The van der Waals surface area contributed by atoms with E-state index in [1.54, 1.807) is 11.3 Å². The number of anilines is 1. The third kappa shape index (κ3) is 3.48. The molecule has 0 aliphatic carbocycles. The second kappa shape index (κ2) is 7.50. The number of hydrogen-bond acceptors (Lipinski definition) is 6. The molecule has 0 bridgehead atoms. The van der Waals surface area contributed by atoms with Gasteiger partial charge in [-0.3, -0.25) is 4.90 Å². The van der Waals surface area contributed by atoms with Crippen molar-refractivity contribution in [1.29, 1.82) is 0 Å². The number of fused-ring (bicyclic) bond motifs is 1. The van der Waals surface area contributed by atoms with Crippen molar-refractivity contribution < 1.29 is 0 Å². The smallest absolute Gasteiger partial charge is 0.186 e. The fraction of sp³-hybridized carbons (Fsp3) is 0.250. The number of halogens is 1. The Morgan fingerprint density at radius 2 is 1.75 bits per heavy atom. The van der Waals surface area contributed by atoms with Crippen LogP contribution < -0.4 is 4.90 Å². The number of piperazine rings is 1. The van der Waals surface area contributed by atoms with Crippen LogP contribution in [0.4, 0.5) is 5.82 Å². The number of benzene rings is 1. The molecule has 0 atom stereocenters. The molecule has 4 heterocycles. The van der Waals surface area contributed by atoms with Crippen LogP contribution in [0.1, 0.15) is 5.56 Å². The van der Waals surface area contributed by atoms with E-state index in [1.165, 1.54) is 5.56 Å². The zero-order chi connectivity index (χ0) is 18.9. The predicted molar refractivity (Wildman–Crippen MR) is 113 cm³/mol. The zero-order valence-electron chi connectivity index (χ0n) is 15.2. The summed E-state index contributed by atoms with van der Waals surface area (Å²) in [6.07, 6.45) is 0. The minimum Gasteiger partial charge on any atom is -0.353 e. The molecular weight excluding hydrogens is 392 g/mol. The fourth-order valence-electron chi connectivity index (χ4n) is 3.50. The van der Waals surface area contributed by atoms with Gasteiger partial charge in [0.1, 0.15) is 5.82 Å². The molecule has 0 N–H and O–H groups in total. The maximum Gasteiger partial charge on any atom is 0.186 e. The lowest BCUT2D eigenvalue weighted by molar-refractivity contribution is 0.249. The highest BCUT2D eigenvalue weighted by Crippen LogP contribution is 2.22. The number of nitrogens with zero attached hydrogens (tertiary/aromatic N) is 6. The molecule has 0 saturated carbocycles. The minimum atomic E-state index is 0.770. The molecule has 6 nitrogen and oxygen atoms in total. The van der Waals surface area contributed by atoms with E-state index in [0.29, 0.717) is 0 Å². The van der Waals surface area contributed by atoms with Gasteiger partial charge in [0.05, 0.1) is 0 Å². The third-order valence-electron chi connectivity index (χ3n) is 5.04. The van der Waals surface area contributed by atoms with Crippen LogP contribution in [0, 0.1) is 0 Å². The first-order valence-corrected chi connectivity index (χ1v) is 10.6. The number of hydrogen-bond donors (Lipinski definition) is 0. The lowest BCUT2D eigenvalue weighted by atomic mass is 10.2. The molecule has 28 heavy (non-hydrogen) atoms. The maximum absolute atomic E-state index is 5.98. The van der Waals surface area contributed by atoms with Crippen LogP contribution in [0.2, 0.25) is 5.02 Å². The molecule has 1 aromatic carbocycles. The summed E-state index contributed by atoms with van der Waals surface area (Å²) in [5.74, 6) is 1.76. The van der Waals surface area contributed by atoms with E-state index in [0.717, 1.165) is 60.6 Å². The molecule has 1 saturated heterocycles. The Hall–Kier alpha value is -2.48. The van der Waals surface area contributed by atoms with Crippen LogP contribution in [0.3, 0.4) is 0 Å². The first-order valence-electron chi connectivity index (χ1n) is 9.23. The second-order valence-electron chi connectivity index (χ2n) is 6.89. The van der Waals surface area contributed by atoms with Crippen LogP contribution in [0.15, 0.2) is 53.2 Å². The van der Waals surface area contributed by atoms with E-state index in [9.17, 15) is 0 Å². The Bertz CT molecular complexity index is 1070. The summed E-state index contributed by atoms with van der Waals surface area (Å²) in [4.78, 5) is 4.79. The predicted octanol–water partition coefficient (Wildman–Crippen LogP) is 3.83. The molecule has 0 radical (unpaired) electrons. The van der Waals surface area contributed by atoms with Gasteiger partial charge in [0, 0.05) is 48.7 Å². The van der Waals surface area contributed by atoms with Crippen molar-refractivity contribution in [3.8, 4) is 11.4 Å². The molecule has 4 aromatic rings. The maximum atomic E-state index is 5.98. The SMILES string of the molecule is Clc1ccc(CN2CCN(c3ccc4nnc(-c5ccsc5)n4n3)CC2)cc1. The Balaban J connectivity index is 1.30.